The zero-order valence-corrected chi connectivity index (χ0v) is 17.7. The molecule has 0 radical (unpaired) electrons. The van der Waals surface area contributed by atoms with Crippen molar-refractivity contribution in [2.24, 2.45) is 0 Å². The van der Waals surface area contributed by atoms with Gasteiger partial charge in [-0.15, -0.1) is 0 Å². The molecule has 2 saturated heterocycles. The summed E-state index contributed by atoms with van der Waals surface area (Å²) in [6.07, 6.45) is 2.42. The van der Waals surface area contributed by atoms with E-state index in [4.69, 9.17) is 9.47 Å². The van der Waals surface area contributed by atoms with Crippen LogP contribution in [0.3, 0.4) is 0 Å². The number of carbonyl (C=O) groups is 1. The number of amides is 1. The van der Waals surface area contributed by atoms with Crippen LogP contribution in [-0.2, 0) is 16.9 Å². The van der Waals surface area contributed by atoms with Crippen molar-refractivity contribution in [3.8, 4) is 5.75 Å². The van der Waals surface area contributed by atoms with Crippen molar-refractivity contribution < 1.29 is 19.4 Å². The van der Waals surface area contributed by atoms with Crippen LogP contribution in [0.4, 0.5) is 4.79 Å². The van der Waals surface area contributed by atoms with Gasteiger partial charge >= 0.3 is 6.09 Å². The van der Waals surface area contributed by atoms with Crippen LogP contribution in [0.2, 0.25) is 0 Å². The number of nitrogens with zero attached hydrogens (tertiary/aromatic N) is 1. The summed E-state index contributed by atoms with van der Waals surface area (Å²) in [5.41, 5.74) is 0.758. The van der Waals surface area contributed by atoms with E-state index >= 15 is 0 Å². The molecule has 1 amide bonds. The van der Waals surface area contributed by atoms with Crippen molar-refractivity contribution in [3.05, 3.63) is 77.9 Å². The molecule has 3 aromatic carbocycles. The van der Waals surface area contributed by atoms with Crippen molar-refractivity contribution >= 4 is 16.9 Å². The van der Waals surface area contributed by atoms with Crippen LogP contribution in [0.15, 0.2) is 66.7 Å². The summed E-state index contributed by atoms with van der Waals surface area (Å²) in [4.78, 5) is 14.8. The van der Waals surface area contributed by atoms with E-state index in [1.807, 2.05) is 71.6 Å². The molecule has 5 heteroatoms. The Bertz CT molecular complexity index is 1080. The van der Waals surface area contributed by atoms with Crippen molar-refractivity contribution in [2.45, 2.75) is 50.0 Å². The SMILES string of the molecule is COc1ccc2ccccc2c1C1(O)CC2CCC(C1)N2C(=O)OCc1ccccc1. The Labute approximate surface area is 182 Å². The lowest BCUT2D eigenvalue weighted by molar-refractivity contribution is -0.0538. The molecule has 3 aromatic rings. The zero-order chi connectivity index (χ0) is 21.4. The van der Waals surface area contributed by atoms with Crippen molar-refractivity contribution in [2.75, 3.05) is 7.11 Å². The quantitative estimate of drug-likeness (QED) is 0.649. The number of carbonyl (C=O) groups excluding carboxylic acids is 1. The molecule has 0 spiro atoms. The summed E-state index contributed by atoms with van der Waals surface area (Å²) in [7, 11) is 1.64. The summed E-state index contributed by atoms with van der Waals surface area (Å²) in [5, 5.41) is 14.0. The molecule has 2 unspecified atom stereocenters. The third-order valence-electron chi connectivity index (χ3n) is 6.76. The fraction of sp³-hybridized carbons (Fsp3) is 0.346. The number of rotatable bonds is 4. The van der Waals surface area contributed by atoms with Crippen LogP contribution < -0.4 is 4.74 Å². The van der Waals surface area contributed by atoms with Gasteiger partial charge in [-0.05, 0) is 35.2 Å². The van der Waals surface area contributed by atoms with Crippen LogP contribution in [0.25, 0.3) is 10.8 Å². The fourth-order valence-corrected chi connectivity index (χ4v) is 5.42. The third-order valence-corrected chi connectivity index (χ3v) is 6.76. The first-order chi connectivity index (χ1) is 15.1. The minimum Gasteiger partial charge on any atom is -0.496 e. The van der Waals surface area contributed by atoms with Crippen LogP contribution in [0.1, 0.15) is 36.8 Å². The monoisotopic (exact) mass is 417 g/mol. The molecule has 1 N–H and O–H groups in total. The Hall–Kier alpha value is -3.05. The van der Waals surface area contributed by atoms with Gasteiger partial charge in [0.2, 0.25) is 0 Å². The van der Waals surface area contributed by atoms with E-state index in [1.165, 1.54) is 0 Å². The number of hydrogen-bond acceptors (Lipinski definition) is 4. The average molecular weight is 418 g/mol. The van der Waals surface area contributed by atoms with Gasteiger partial charge in [-0.3, -0.25) is 0 Å². The van der Waals surface area contributed by atoms with E-state index in [-0.39, 0.29) is 24.8 Å². The van der Waals surface area contributed by atoms with Crippen molar-refractivity contribution in [3.63, 3.8) is 0 Å². The van der Waals surface area contributed by atoms with Crippen molar-refractivity contribution in [1.29, 1.82) is 0 Å². The van der Waals surface area contributed by atoms with Gasteiger partial charge in [-0.2, -0.15) is 0 Å². The second-order valence-corrected chi connectivity index (χ2v) is 8.64. The predicted molar refractivity (Wildman–Crippen MR) is 119 cm³/mol. The maximum atomic E-state index is 12.9. The van der Waals surface area contributed by atoms with Gasteiger partial charge in [0.25, 0.3) is 0 Å². The Balaban J connectivity index is 1.41. The Morgan fingerprint density at radius 1 is 1.00 bits per heavy atom. The summed E-state index contributed by atoms with van der Waals surface area (Å²) in [6.45, 7) is 0.261. The van der Waals surface area contributed by atoms with E-state index in [0.29, 0.717) is 18.6 Å². The number of ether oxygens (including phenoxy) is 2. The number of benzene rings is 3. The fourth-order valence-electron chi connectivity index (χ4n) is 5.42. The number of aliphatic hydroxyl groups is 1. The standard InChI is InChI=1S/C26H27NO4/c1-30-23-14-11-19-9-5-6-10-22(19)24(23)26(29)15-20-12-13-21(16-26)27(20)25(28)31-17-18-7-3-2-4-8-18/h2-11,14,20-21,29H,12-13,15-17H2,1H3. The predicted octanol–water partition coefficient (Wildman–Crippen LogP) is 5.00. The minimum atomic E-state index is -1.05. The molecule has 2 aliphatic heterocycles. The molecule has 0 saturated carbocycles. The van der Waals surface area contributed by atoms with E-state index < -0.39 is 5.60 Å². The molecular weight excluding hydrogens is 390 g/mol. The molecule has 2 atom stereocenters. The van der Waals surface area contributed by atoms with Crippen molar-refractivity contribution in [1.82, 2.24) is 4.90 Å². The Morgan fingerprint density at radius 3 is 2.39 bits per heavy atom. The molecule has 2 aliphatic rings. The van der Waals surface area contributed by atoms with E-state index in [2.05, 4.69) is 0 Å². The van der Waals surface area contributed by atoms with E-state index in [1.54, 1.807) is 7.11 Å². The Kier molecular flexibility index (Phi) is 5.06. The van der Waals surface area contributed by atoms with Gasteiger partial charge in [0.05, 0.1) is 12.7 Å². The lowest BCUT2D eigenvalue weighted by Crippen LogP contribution is -2.52. The number of fused-ring (bicyclic) bond motifs is 3. The highest BCUT2D eigenvalue weighted by atomic mass is 16.6. The van der Waals surface area contributed by atoms with Crippen LogP contribution in [0.5, 0.6) is 5.75 Å². The number of piperidine rings is 1. The van der Waals surface area contributed by atoms with Crippen LogP contribution in [-0.4, -0.2) is 35.3 Å². The first-order valence-electron chi connectivity index (χ1n) is 10.9. The summed E-state index contributed by atoms with van der Waals surface area (Å²) in [6, 6.07) is 21.6. The van der Waals surface area contributed by atoms with Crippen LogP contribution in [0, 0.1) is 0 Å². The molecule has 5 nitrogen and oxygen atoms in total. The molecular formula is C26H27NO4. The summed E-state index contributed by atoms with van der Waals surface area (Å²) in [5.74, 6) is 0.695. The van der Waals surface area contributed by atoms with Gasteiger partial charge in [0.15, 0.2) is 0 Å². The topological polar surface area (TPSA) is 59.0 Å². The minimum absolute atomic E-state index is 0.0457. The molecule has 31 heavy (non-hydrogen) atoms. The highest BCUT2D eigenvalue weighted by Gasteiger charge is 2.51. The van der Waals surface area contributed by atoms with Crippen LogP contribution >= 0.6 is 0 Å². The first kappa shape index (κ1) is 19.9. The van der Waals surface area contributed by atoms with E-state index in [9.17, 15) is 9.90 Å². The molecule has 0 aliphatic carbocycles. The molecule has 2 heterocycles. The van der Waals surface area contributed by atoms with E-state index in [0.717, 1.165) is 34.7 Å². The van der Waals surface area contributed by atoms with Gasteiger partial charge in [0.1, 0.15) is 12.4 Å². The molecule has 5 rings (SSSR count). The summed E-state index contributed by atoms with van der Waals surface area (Å²) < 4.78 is 11.3. The smallest absolute Gasteiger partial charge is 0.410 e. The molecule has 160 valence electrons. The van der Waals surface area contributed by atoms with Gasteiger partial charge in [-0.25, -0.2) is 4.79 Å². The lowest BCUT2D eigenvalue weighted by atomic mass is 9.78. The highest BCUT2D eigenvalue weighted by Crippen LogP contribution is 2.50. The molecule has 0 aromatic heterocycles. The molecule has 2 fully saturated rings. The van der Waals surface area contributed by atoms with Gasteiger partial charge in [-0.1, -0.05) is 60.7 Å². The number of methoxy groups -OCH3 is 1. The van der Waals surface area contributed by atoms with Gasteiger partial charge < -0.3 is 19.5 Å². The zero-order valence-electron chi connectivity index (χ0n) is 17.7. The molecule has 2 bridgehead atoms. The normalized spacial score (nSPS) is 24.9. The van der Waals surface area contributed by atoms with Gasteiger partial charge in [0, 0.05) is 30.5 Å². The third kappa shape index (κ3) is 3.53. The summed E-state index contributed by atoms with van der Waals surface area (Å²) >= 11 is 0. The second-order valence-electron chi connectivity index (χ2n) is 8.64. The number of hydrogen-bond donors (Lipinski definition) is 1. The second kappa shape index (κ2) is 7.89. The largest absolute Gasteiger partial charge is 0.496 e. The lowest BCUT2D eigenvalue weighted by Gasteiger charge is -2.44. The highest BCUT2D eigenvalue weighted by molar-refractivity contribution is 5.88. The maximum absolute atomic E-state index is 12.9. The maximum Gasteiger partial charge on any atom is 0.410 e. The average Bonchev–Trinajstić information content (AvgIpc) is 3.09. The Morgan fingerprint density at radius 2 is 1.68 bits per heavy atom. The first-order valence-corrected chi connectivity index (χ1v) is 10.9.